The van der Waals surface area contributed by atoms with Crippen molar-refractivity contribution in [3.8, 4) is 0 Å². The van der Waals surface area contributed by atoms with Crippen LogP contribution in [0.2, 0.25) is 0 Å². The van der Waals surface area contributed by atoms with Gasteiger partial charge >= 0.3 is 6.03 Å². The summed E-state index contributed by atoms with van der Waals surface area (Å²) in [6, 6.07) is 3.92. The molecule has 1 heterocycles. The number of nitrogens with zero attached hydrogens (tertiary/aromatic N) is 1. The average Bonchev–Trinajstić information content (AvgIpc) is 2.72. The zero-order valence-corrected chi connectivity index (χ0v) is 10.5. The molecule has 1 aliphatic rings. The first-order valence-corrected chi connectivity index (χ1v) is 6.86. The molecule has 2 amide bonds. The van der Waals surface area contributed by atoms with Crippen LogP contribution in [0.5, 0.6) is 0 Å². The lowest BCUT2D eigenvalue weighted by Gasteiger charge is -2.13. The molecule has 7 heteroatoms. The predicted molar refractivity (Wildman–Crippen MR) is 67.1 cm³/mol. The Balaban J connectivity index is 1.97. The molecule has 1 aromatic carbocycles. The fraction of sp³-hybridized carbons (Fsp3) is 0.364. The topological polar surface area (TPSA) is 75.4 Å². The largest absolute Gasteiger partial charge is 0.399 e. The number of amides is 2. The summed E-state index contributed by atoms with van der Waals surface area (Å²) in [5.41, 5.74) is 5.72. The van der Waals surface area contributed by atoms with Crippen LogP contribution in [0.25, 0.3) is 0 Å². The molecule has 1 aliphatic heterocycles. The van der Waals surface area contributed by atoms with Crippen LogP contribution in [0.1, 0.15) is 0 Å². The van der Waals surface area contributed by atoms with Crippen LogP contribution < -0.4 is 11.1 Å². The number of halogens is 1. The number of benzene rings is 1. The van der Waals surface area contributed by atoms with Crippen molar-refractivity contribution < 1.29 is 13.4 Å². The van der Waals surface area contributed by atoms with Crippen molar-refractivity contribution in [1.82, 2.24) is 10.2 Å². The summed E-state index contributed by atoms with van der Waals surface area (Å²) in [5, 5.41) is 2.65. The van der Waals surface area contributed by atoms with E-state index in [1.54, 1.807) is 4.90 Å². The zero-order valence-electron chi connectivity index (χ0n) is 9.69. The minimum absolute atomic E-state index is 0.129. The molecule has 1 atom stereocenters. The van der Waals surface area contributed by atoms with E-state index in [0.717, 1.165) is 6.07 Å². The number of nitrogens with one attached hydrogen (secondary N) is 1. The molecule has 0 bridgehead atoms. The van der Waals surface area contributed by atoms with Gasteiger partial charge in [-0.1, -0.05) is 0 Å². The molecule has 0 aromatic heterocycles. The molecule has 1 unspecified atom stereocenters. The van der Waals surface area contributed by atoms with E-state index < -0.39 is 16.6 Å². The lowest BCUT2D eigenvalue weighted by molar-refractivity contribution is 0.220. The fourth-order valence-electron chi connectivity index (χ4n) is 1.73. The first-order valence-electron chi connectivity index (χ1n) is 5.54. The van der Waals surface area contributed by atoms with E-state index >= 15 is 0 Å². The third kappa shape index (κ3) is 2.79. The number of rotatable bonds is 4. The van der Waals surface area contributed by atoms with E-state index in [0.29, 0.717) is 25.3 Å². The van der Waals surface area contributed by atoms with Crippen LogP contribution >= 0.6 is 0 Å². The average molecular weight is 271 g/mol. The minimum Gasteiger partial charge on any atom is -0.399 e. The highest BCUT2D eigenvalue weighted by atomic mass is 32.2. The molecule has 0 saturated carbocycles. The lowest BCUT2D eigenvalue weighted by Crippen LogP contribution is -2.31. The van der Waals surface area contributed by atoms with Gasteiger partial charge in [0.15, 0.2) is 0 Å². The van der Waals surface area contributed by atoms with E-state index in [4.69, 9.17) is 5.73 Å². The van der Waals surface area contributed by atoms with Crippen LogP contribution in [-0.4, -0.2) is 40.5 Å². The van der Waals surface area contributed by atoms with Gasteiger partial charge in [0.1, 0.15) is 5.82 Å². The van der Waals surface area contributed by atoms with Crippen molar-refractivity contribution in [2.24, 2.45) is 0 Å². The maximum Gasteiger partial charge on any atom is 0.317 e. The molecule has 5 nitrogen and oxygen atoms in total. The van der Waals surface area contributed by atoms with Gasteiger partial charge < -0.3 is 16.0 Å². The van der Waals surface area contributed by atoms with Crippen molar-refractivity contribution in [3.05, 3.63) is 24.0 Å². The van der Waals surface area contributed by atoms with Gasteiger partial charge in [0, 0.05) is 31.1 Å². The quantitative estimate of drug-likeness (QED) is 0.785. The van der Waals surface area contributed by atoms with Crippen molar-refractivity contribution in [2.75, 3.05) is 31.1 Å². The SMILES string of the molecule is Nc1ccc(S(=O)CCN2CCNC2=O)c(F)c1. The van der Waals surface area contributed by atoms with Crippen LogP contribution in [0.4, 0.5) is 14.9 Å². The number of carbonyl (C=O) groups is 1. The summed E-state index contributed by atoms with van der Waals surface area (Å²) in [6.45, 7) is 1.55. The molecule has 3 N–H and O–H groups in total. The second-order valence-electron chi connectivity index (χ2n) is 3.96. The number of nitrogen functional groups attached to an aromatic ring is 1. The number of nitrogens with two attached hydrogens (primary N) is 1. The van der Waals surface area contributed by atoms with Crippen molar-refractivity contribution in [3.63, 3.8) is 0 Å². The Hall–Kier alpha value is -1.63. The summed E-state index contributed by atoms with van der Waals surface area (Å²) in [7, 11) is -1.47. The number of carbonyl (C=O) groups excluding carboxylic acids is 1. The van der Waals surface area contributed by atoms with Gasteiger partial charge in [-0.2, -0.15) is 0 Å². The molecule has 0 radical (unpaired) electrons. The number of anilines is 1. The molecule has 2 rings (SSSR count). The molecule has 1 fully saturated rings. The molecule has 0 spiro atoms. The van der Waals surface area contributed by atoms with E-state index in [2.05, 4.69) is 5.32 Å². The highest BCUT2D eigenvalue weighted by Crippen LogP contribution is 2.16. The molecular formula is C11H14FN3O2S. The van der Waals surface area contributed by atoms with Gasteiger partial charge in [0.05, 0.1) is 15.7 Å². The van der Waals surface area contributed by atoms with Crippen LogP contribution in [0, 0.1) is 5.82 Å². The molecule has 1 saturated heterocycles. The third-order valence-corrected chi connectivity index (χ3v) is 4.07. The Morgan fingerprint density at radius 1 is 1.50 bits per heavy atom. The minimum atomic E-state index is -1.47. The summed E-state index contributed by atoms with van der Waals surface area (Å²) in [5.74, 6) is -0.354. The number of urea groups is 1. The fourth-order valence-corrected chi connectivity index (χ4v) is 2.83. The lowest BCUT2D eigenvalue weighted by atomic mass is 10.3. The predicted octanol–water partition coefficient (Wildman–Crippen LogP) is 0.541. The second-order valence-corrected chi connectivity index (χ2v) is 5.50. The van der Waals surface area contributed by atoms with Crippen molar-refractivity contribution >= 4 is 22.5 Å². The van der Waals surface area contributed by atoms with Crippen LogP contribution in [0.15, 0.2) is 23.1 Å². The molecule has 98 valence electrons. The third-order valence-electron chi connectivity index (χ3n) is 2.69. The maximum atomic E-state index is 13.5. The van der Waals surface area contributed by atoms with Gasteiger partial charge in [-0.3, -0.25) is 4.21 Å². The van der Waals surface area contributed by atoms with Gasteiger partial charge in [-0.05, 0) is 18.2 Å². The summed E-state index contributed by atoms with van der Waals surface area (Å²) in [4.78, 5) is 13.0. The van der Waals surface area contributed by atoms with E-state index in [1.165, 1.54) is 12.1 Å². The monoisotopic (exact) mass is 271 g/mol. The number of hydrogen-bond acceptors (Lipinski definition) is 3. The zero-order chi connectivity index (χ0) is 13.1. The summed E-state index contributed by atoms with van der Waals surface area (Å²) >= 11 is 0. The first-order chi connectivity index (χ1) is 8.58. The van der Waals surface area contributed by atoms with Gasteiger partial charge in [0.25, 0.3) is 0 Å². The maximum absolute atomic E-state index is 13.5. The van der Waals surface area contributed by atoms with E-state index in [9.17, 15) is 13.4 Å². The second kappa shape index (κ2) is 5.34. The smallest absolute Gasteiger partial charge is 0.317 e. The molecule has 1 aromatic rings. The van der Waals surface area contributed by atoms with Gasteiger partial charge in [0.2, 0.25) is 0 Å². The first kappa shape index (κ1) is 12.8. The van der Waals surface area contributed by atoms with E-state index in [-0.39, 0.29) is 16.7 Å². The highest BCUT2D eigenvalue weighted by Gasteiger charge is 2.20. The van der Waals surface area contributed by atoms with Crippen molar-refractivity contribution in [2.45, 2.75) is 4.90 Å². The Labute approximate surface area is 107 Å². The van der Waals surface area contributed by atoms with Crippen molar-refractivity contribution in [1.29, 1.82) is 0 Å². The Kier molecular flexibility index (Phi) is 3.81. The highest BCUT2D eigenvalue weighted by molar-refractivity contribution is 7.85. The number of hydrogen-bond donors (Lipinski definition) is 2. The van der Waals surface area contributed by atoms with Gasteiger partial charge in [-0.15, -0.1) is 0 Å². The molecule has 0 aliphatic carbocycles. The Morgan fingerprint density at radius 2 is 2.28 bits per heavy atom. The Morgan fingerprint density at radius 3 is 2.89 bits per heavy atom. The Bertz CT molecular complexity index is 495. The van der Waals surface area contributed by atoms with Crippen LogP contribution in [0.3, 0.4) is 0 Å². The summed E-state index contributed by atoms with van der Waals surface area (Å²) < 4.78 is 25.4. The van der Waals surface area contributed by atoms with Gasteiger partial charge in [-0.25, -0.2) is 9.18 Å². The molecular weight excluding hydrogens is 257 g/mol. The van der Waals surface area contributed by atoms with Crippen LogP contribution in [-0.2, 0) is 10.8 Å². The summed E-state index contributed by atoms with van der Waals surface area (Å²) in [6.07, 6.45) is 0. The standard InChI is InChI=1S/C11H14FN3O2S/c12-9-7-8(13)1-2-10(9)18(17)6-5-15-4-3-14-11(15)16/h1-2,7H,3-6,13H2,(H,14,16). The molecule has 18 heavy (non-hydrogen) atoms. The van der Waals surface area contributed by atoms with E-state index in [1.807, 2.05) is 0 Å². The normalized spacial score (nSPS) is 16.7.